The lowest BCUT2D eigenvalue weighted by Gasteiger charge is -2.37. The predicted molar refractivity (Wildman–Crippen MR) is 110 cm³/mol. The smallest absolute Gasteiger partial charge is 0.253 e. The zero-order valence-electron chi connectivity index (χ0n) is 15.4. The predicted octanol–water partition coefficient (Wildman–Crippen LogP) is 4.35. The van der Waals surface area contributed by atoms with Crippen molar-refractivity contribution in [3.05, 3.63) is 33.8 Å². The summed E-state index contributed by atoms with van der Waals surface area (Å²) in [6.07, 6.45) is 3.71. The molecule has 3 atom stereocenters. The maximum Gasteiger partial charge on any atom is 0.253 e. The van der Waals surface area contributed by atoms with Crippen LogP contribution >= 0.6 is 35.0 Å². The molecule has 1 N–H and O–H groups in total. The van der Waals surface area contributed by atoms with Gasteiger partial charge in [0.2, 0.25) is 5.91 Å². The van der Waals surface area contributed by atoms with E-state index in [-0.39, 0.29) is 16.8 Å². The van der Waals surface area contributed by atoms with Crippen LogP contribution in [0.5, 0.6) is 0 Å². The third kappa shape index (κ3) is 5.80. The average Bonchev–Trinajstić information content (AvgIpc) is 2.56. The van der Waals surface area contributed by atoms with Crippen molar-refractivity contribution in [2.24, 2.45) is 11.8 Å². The first-order valence-electron chi connectivity index (χ1n) is 8.85. The number of carbonyl (C=O) groups excluding carboxylic acids is 2. The van der Waals surface area contributed by atoms with Crippen LogP contribution in [0.2, 0.25) is 10.0 Å². The van der Waals surface area contributed by atoms with Crippen molar-refractivity contribution in [1.29, 1.82) is 0 Å². The molecular formula is C19H26Cl2N2O2S. The van der Waals surface area contributed by atoms with Gasteiger partial charge in [-0.2, -0.15) is 11.8 Å². The van der Waals surface area contributed by atoms with E-state index in [1.165, 1.54) is 6.07 Å². The third-order valence-corrected chi connectivity index (χ3v) is 5.76. The van der Waals surface area contributed by atoms with Gasteiger partial charge in [0, 0.05) is 18.1 Å². The Morgan fingerprint density at radius 3 is 2.50 bits per heavy atom. The van der Waals surface area contributed by atoms with Gasteiger partial charge in [0.05, 0.1) is 10.6 Å². The summed E-state index contributed by atoms with van der Waals surface area (Å²) in [6, 6.07) is 4.19. The number of likely N-dealkylation sites (tertiary alicyclic amines) is 1. The van der Waals surface area contributed by atoms with Gasteiger partial charge in [-0.25, -0.2) is 0 Å². The lowest BCUT2D eigenvalue weighted by molar-refractivity contribution is -0.136. The van der Waals surface area contributed by atoms with E-state index >= 15 is 0 Å². The number of carbonyl (C=O) groups is 2. The second kappa shape index (κ2) is 9.86. The molecule has 0 radical (unpaired) electrons. The zero-order chi connectivity index (χ0) is 19.3. The Morgan fingerprint density at radius 1 is 1.27 bits per heavy atom. The molecule has 0 aliphatic carbocycles. The van der Waals surface area contributed by atoms with Gasteiger partial charge in [-0.3, -0.25) is 9.59 Å². The summed E-state index contributed by atoms with van der Waals surface area (Å²) in [7, 11) is 0. The van der Waals surface area contributed by atoms with Crippen LogP contribution in [0.25, 0.3) is 0 Å². The van der Waals surface area contributed by atoms with Gasteiger partial charge in [0.15, 0.2) is 0 Å². The number of nitrogens with one attached hydrogen (secondary N) is 1. The fraction of sp³-hybridized carbons (Fsp3) is 0.579. The number of hydrogen-bond donors (Lipinski definition) is 1. The van der Waals surface area contributed by atoms with E-state index in [2.05, 4.69) is 19.2 Å². The topological polar surface area (TPSA) is 49.4 Å². The molecule has 0 spiro atoms. The molecule has 0 bridgehead atoms. The molecule has 1 fully saturated rings. The second-order valence-electron chi connectivity index (χ2n) is 7.12. The highest BCUT2D eigenvalue weighted by molar-refractivity contribution is 7.98. The van der Waals surface area contributed by atoms with Gasteiger partial charge in [-0.15, -0.1) is 0 Å². The second-order valence-corrected chi connectivity index (χ2v) is 8.95. The Balaban J connectivity index is 2.13. The lowest BCUT2D eigenvalue weighted by atomic mass is 9.91. The minimum absolute atomic E-state index is 0.00381. The van der Waals surface area contributed by atoms with Crippen LogP contribution < -0.4 is 5.32 Å². The SMILES string of the molecule is CSCCC(NC(=O)c1ccc(Cl)cc1Cl)C(=O)N1CC(C)CC(C)C1. The van der Waals surface area contributed by atoms with Gasteiger partial charge in [0.1, 0.15) is 6.04 Å². The quantitative estimate of drug-likeness (QED) is 0.749. The van der Waals surface area contributed by atoms with E-state index in [0.29, 0.717) is 28.8 Å². The Hall–Kier alpha value is -0.910. The highest BCUT2D eigenvalue weighted by Gasteiger charge is 2.31. The molecular weight excluding hydrogens is 391 g/mol. The van der Waals surface area contributed by atoms with E-state index in [1.54, 1.807) is 23.9 Å². The maximum absolute atomic E-state index is 13.0. The Kier molecular flexibility index (Phi) is 8.11. The van der Waals surface area contributed by atoms with Crippen LogP contribution in [0.4, 0.5) is 0 Å². The maximum atomic E-state index is 13.0. The van der Waals surface area contributed by atoms with Crippen LogP contribution in [0, 0.1) is 11.8 Å². The van der Waals surface area contributed by atoms with Crippen molar-refractivity contribution in [1.82, 2.24) is 10.2 Å². The van der Waals surface area contributed by atoms with Crippen molar-refractivity contribution < 1.29 is 9.59 Å². The summed E-state index contributed by atoms with van der Waals surface area (Å²) in [5, 5.41) is 3.64. The lowest BCUT2D eigenvalue weighted by Crippen LogP contribution is -2.52. The Morgan fingerprint density at radius 2 is 1.92 bits per heavy atom. The van der Waals surface area contributed by atoms with Crippen molar-refractivity contribution >= 4 is 46.8 Å². The summed E-state index contributed by atoms with van der Waals surface area (Å²) >= 11 is 13.7. The number of halogens is 2. The van der Waals surface area contributed by atoms with E-state index in [9.17, 15) is 9.59 Å². The summed E-state index contributed by atoms with van der Waals surface area (Å²) in [5.41, 5.74) is 0.332. The van der Waals surface area contributed by atoms with Crippen LogP contribution in [-0.4, -0.2) is 47.9 Å². The standard InChI is InChI=1S/C19H26Cl2N2O2S/c1-12-8-13(2)11-23(10-12)19(25)17(6-7-26-3)22-18(24)15-5-4-14(20)9-16(15)21/h4-5,9,12-13,17H,6-8,10-11H2,1-3H3,(H,22,24). The third-order valence-electron chi connectivity index (χ3n) is 4.57. The fourth-order valence-electron chi connectivity index (χ4n) is 3.47. The molecule has 1 aromatic rings. The zero-order valence-corrected chi connectivity index (χ0v) is 17.8. The minimum atomic E-state index is -0.542. The molecule has 2 amide bonds. The van der Waals surface area contributed by atoms with Crippen LogP contribution in [0.1, 0.15) is 37.0 Å². The van der Waals surface area contributed by atoms with Crippen LogP contribution in [0.3, 0.4) is 0 Å². The summed E-state index contributed by atoms with van der Waals surface area (Å²) < 4.78 is 0. The molecule has 1 aliphatic rings. The normalized spacial score (nSPS) is 21.3. The van der Waals surface area contributed by atoms with Crippen molar-refractivity contribution in [2.75, 3.05) is 25.1 Å². The van der Waals surface area contributed by atoms with Gasteiger partial charge in [0.25, 0.3) is 5.91 Å². The molecule has 1 heterocycles. The molecule has 26 heavy (non-hydrogen) atoms. The van der Waals surface area contributed by atoms with Crippen LogP contribution in [0.15, 0.2) is 18.2 Å². The minimum Gasteiger partial charge on any atom is -0.340 e. The first-order valence-corrected chi connectivity index (χ1v) is 11.0. The number of amides is 2. The molecule has 1 aromatic carbocycles. The fourth-order valence-corrected chi connectivity index (χ4v) is 4.43. The molecule has 3 unspecified atom stereocenters. The largest absolute Gasteiger partial charge is 0.340 e. The number of hydrogen-bond acceptors (Lipinski definition) is 3. The van der Waals surface area contributed by atoms with E-state index in [0.717, 1.165) is 25.3 Å². The highest BCUT2D eigenvalue weighted by Crippen LogP contribution is 2.23. The monoisotopic (exact) mass is 416 g/mol. The summed E-state index contributed by atoms with van der Waals surface area (Å²) in [4.78, 5) is 27.6. The van der Waals surface area contributed by atoms with Crippen molar-refractivity contribution in [3.63, 3.8) is 0 Å². The number of rotatable bonds is 6. The van der Waals surface area contributed by atoms with E-state index < -0.39 is 6.04 Å². The Bertz CT molecular complexity index is 646. The molecule has 2 rings (SSSR count). The van der Waals surface area contributed by atoms with E-state index in [4.69, 9.17) is 23.2 Å². The van der Waals surface area contributed by atoms with Gasteiger partial charge in [-0.1, -0.05) is 37.0 Å². The molecule has 1 saturated heterocycles. The number of nitrogens with zero attached hydrogens (tertiary/aromatic N) is 1. The molecule has 144 valence electrons. The van der Waals surface area contributed by atoms with Gasteiger partial charge < -0.3 is 10.2 Å². The first-order chi connectivity index (χ1) is 12.3. The number of piperidine rings is 1. The molecule has 7 heteroatoms. The van der Waals surface area contributed by atoms with Gasteiger partial charge in [-0.05, 0) is 54.9 Å². The molecule has 1 aliphatic heterocycles. The number of thioether (sulfide) groups is 1. The summed E-state index contributed by atoms with van der Waals surface area (Å²) in [6.45, 7) is 5.82. The van der Waals surface area contributed by atoms with Crippen molar-refractivity contribution in [3.8, 4) is 0 Å². The highest BCUT2D eigenvalue weighted by atomic mass is 35.5. The summed E-state index contributed by atoms with van der Waals surface area (Å²) in [5.74, 6) is 1.40. The Labute approximate surface area is 170 Å². The van der Waals surface area contributed by atoms with Crippen molar-refractivity contribution in [2.45, 2.75) is 32.7 Å². The average molecular weight is 417 g/mol. The molecule has 0 saturated carbocycles. The number of benzene rings is 1. The molecule has 0 aromatic heterocycles. The molecule has 4 nitrogen and oxygen atoms in total. The van der Waals surface area contributed by atoms with E-state index in [1.807, 2.05) is 11.2 Å². The first kappa shape index (κ1) is 21.4. The van der Waals surface area contributed by atoms with Gasteiger partial charge >= 0.3 is 0 Å². The van der Waals surface area contributed by atoms with Crippen LogP contribution in [-0.2, 0) is 4.79 Å².